The molecule has 0 saturated carbocycles. The van der Waals surface area contributed by atoms with Crippen molar-refractivity contribution in [3.63, 3.8) is 0 Å². The van der Waals surface area contributed by atoms with E-state index in [-0.39, 0.29) is 36.6 Å². The number of methoxy groups -OCH3 is 1. The summed E-state index contributed by atoms with van der Waals surface area (Å²) < 4.78 is 107. The summed E-state index contributed by atoms with van der Waals surface area (Å²) in [6.45, 7) is 7.66. The first-order valence-corrected chi connectivity index (χ1v) is 12.7. The molecular formula is C30H30F7NO2. The van der Waals surface area contributed by atoms with Crippen LogP contribution in [0.1, 0.15) is 66.2 Å². The van der Waals surface area contributed by atoms with E-state index in [0.29, 0.717) is 16.9 Å². The van der Waals surface area contributed by atoms with Crippen molar-refractivity contribution in [2.75, 3.05) is 13.8 Å². The van der Waals surface area contributed by atoms with Crippen molar-refractivity contribution in [2.24, 2.45) is 0 Å². The molecule has 0 N–H and O–H groups in total. The number of alkyl halides is 6. The summed E-state index contributed by atoms with van der Waals surface area (Å²) in [5.74, 6) is -0.118. The van der Waals surface area contributed by atoms with Crippen molar-refractivity contribution in [2.45, 2.75) is 64.7 Å². The Bertz CT molecular complexity index is 1350. The molecule has 0 spiro atoms. The van der Waals surface area contributed by atoms with Crippen molar-refractivity contribution in [1.29, 1.82) is 0 Å². The Labute approximate surface area is 228 Å². The van der Waals surface area contributed by atoms with Crippen molar-refractivity contribution in [1.82, 2.24) is 4.90 Å². The van der Waals surface area contributed by atoms with Gasteiger partial charge in [0, 0.05) is 24.2 Å². The Morgan fingerprint density at radius 2 is 1.55 bits per heavy atom. The minimum absolute atomic E-state index is 0.00535. The molecule has 1 saturated heterocycles. The second kappa shape index (κ2) is 11.0. The summed E-state index contributed by atoms with van der Waals surface area (Å²) in [4.78, 5) is 1.84. The predicted molar refractivity (Wildman–Crippen MR) is 137 cm³/mol. The molecule has 2 atom stereocenters. The van der Waals surface area contributed by atoms with Gasteiger partial charge in [0.15, 0.2) is 0 Å². The number of ether oxygens (including phenoxy) is 2. The second-order valence-corrected chi connectivity index (χ2v) is 10.4. The summed E-state index contributed by atoms with van der Waals surface area (Å²) in [6, 6.07) is 9.85. The van der Waals surface area contributed by atoms with Gasteiger partial charge in [-0.1, -0.05) is 37.6 Å². The Kier molecular flexibility index (Phi) is 8.25. The van der Waals surface area contributed by atoms with Crippen LogP contribution in [-0.2, 0) is 23.6 Å². The van der Waals surface area contributed by atoms with Crippen LogP contribution in [0.3, 0.4) is 0 Å². The van der Waals surface area contributed by atoms with Crippen molar-refractivity contribution in [3.05, 3.63) is 87.7 Å². The minimum Gasteiger partial charge on any atom is -0.496 e. The predicted octanol–water partition coefficient (Wildman–Crippen LogP) is 8.89. The third-order valence-electron chi connectivity index (χ3n) is 7.24. The van der Waals surface area contributed by atoms with E-state index >= 15 is 0 Å². The van der Waals surface area contributed by atoms with Gasteiger partial charge in [-0.25, -0.2) is 4.39 Å². The SMILES string of the molecule is COc1cc(F)c(C(C)C)cc1-c1ccc(C)cc1CN1CO[C@H](c2cc(C(F)(F)F)cc(C(F)(F)F)c2)[C@@H]1C. The van der Waals surface area contributed by atoms with Gasteiger partial charge in [0.25, 0.3) is 0 Å². The van der Waals surface area contributed by atoms with Crippen LogP contribution in [0.15, 0.2) is 48.5 Å². The number of rotatable bonds is 6. The summed E-state index contributed by atoms with van der Waals surface area (Å²) in [5, 5.41) is 0. The zero-order valence-electron chi connectivity index (χ0n) is 22.7. The quantitative estimate of drug-likeness (QED) is 0.277. The number of halogens is 7. The molecule has 1 heterocycles. The Morgan fingerprint density at radius 3 is 2.10 bits per heavy atom. The molecule has 0 unspecified atom stereocenters. The first kappa shape index (κ1) is 29.9. The van der Waals surface area contributed by atoms with Gasteiger partial charge in [0.1, 0.15) is 18.3 Å². The first-order chi connectivity index (χ1) is 18.6. The molecule has 3 aromatic carbocycles. The maximum Gasteiger partial charge on any atom is 0.416 e. The Morgan fingerprint density at radius 1 is 0.925 bits per heavy atom. The highest BCUT2D eigenvalue weighted by molar-refractivity contribution is 5.75. The van der Waals surface area contributed by atoms with Crippen molar-refractivity contribution >= 4 is 0 Å². The van der Waals surface area contributed by atoms with E-state index in [1.54, 1.807) is 13.0 Å². The summed E-state index contributed by atoms with van der Waals surface area (Å²) >= 11 is 0. The van der Waals surface area contributed by atoms with Gasteiger partial charge in [-0.3, -0.25) is 4.90 Å². The molecule has 0 radical (unpaired) electrons. The fraction of sp³-hybridized carbons (Fsp3) is 0.400. The number of nitrogens with zero attached hydrogens (tertiary/aromatic N) is 1. The molecular weight excluding hydrogens is 539 g/mol. The molecule has 10 heteroatoms. The molecule has 0 aromatic heterocycles. The lowest BCUT2D eigenvalue weighted by Crippen LogP contribution is -2.29. The van der Waals surface area contributed by atoms with Crippen LogP contribution in [0.4, 0.5) is 30.7 Å². The fourth-order valence-electron chi connectivity index (χ4n) is 5.06. The highest BCUT2D eigenvalue weighted by Crippen LogP contribution is 2.42. The van der Waals surface area contributed by atoms with Crippen molar-refractivity contribution in [3.8, 4) is 16.9 Å². The van der Waals surface area contributed by atoms with Crippen LogP contribution in [0.5, 0.6) is 5.75 Å². The lowest BCUT2D eigenvalue weighted by Gasteiger charge is -2.25. The molecule has 216 valence electrons. The van der Waals surface area contributed by atoms with E-state index in [9.17, 15) is 30.7 Å². The van der Waals surface area contributed by atoms with E-state index in [2.05, 4.69) is 0 Å². The first-order valence-electron chi connectivity index (χ1n) is 12.7. The number of hydrogen-bond donors (Lipinski definition) is 0. The molecule has 4 rings (SSSR count). The molecule has 0 amide bonds. The van der Waals surface area contributed by atoms with E-state index in [4.69, 9.17) is 9.47 Å². The third kappa shape index (κ3) is 6.12. The van der Waals surface area contributed by atoms with E-state index in [1.165, 1.54) is 13.2 Å². The van der Waals surface area contributed by atoms with Gasteiger partial charge in [-0.15, -0.1) is 0 Å². The van der Waals surface area contributed by atoms with Gasteiger partial charge >= 0.3 is 12.4 Å². The molecule has 0 bridgehead atoms. The largest absolute Gasteiger partial charge is 0.496 e. The van der Waals surface area contributed by atoms with Crippen LogP contribution in [0.2, 0.25) is 0 Å². The zero-order valence-corrected chi connectivity index (χ0v) is 22.7. The summed E-state index contributed by atoms with van der Waals surface area (Å²) in [5.41, 5.74) is 0.803. The van der Waals surface area contributed by atoms with Crippen LogP contribution in [0.25, 0.3) is 11.1 Å². The average molecular weight is 570 g/mol. The van der Waals surface area contributed by atoms with E-state index < -0.39 is 35.6 Å². The molecule has 40 heavy (non-hydrogen) atoms. The molecule has 3 nitrogen and oxygen atoms in total. The second-order valence-electron chi connectivity index (χ2n) is 10.4. The molecule has 3 aromatic rings. The fourth-order valence-corrected chi connectivity index (χ4v) is 5.06. The molecule has 1 aliphatic rings. The molecule has 0 aliphatic carbocycles. The normalized spacial score (nSPS) is 18.5. The smallest absolute Gasteiger partial charge is 0.416 e. The lowest BCUT2D eigenvalue weighted by atomic mass is 9.92. The van der Waals surface area contributed by atoms with Crippen LogP contribution >= 0.6 is 0 Å². The van der Waals surface area contributed by atoms with Gasteiger partial charge in [-0.05, 0) is 66.3 Å². The zero-order chi connectivity index (χ0) is 29.6. The summed E-state index contributed by atoms with van der Waals surface area (Å²) in [7, 11) is 1.45. The third-order valence-corrected chi connectivity index (χ3v) is 7.24. The number of hydrogen-bond acceptors (Lipinski definition) is 3. The standard InChI is InChI=1S/C30H30F7NO2/c1-16(2)24-12-25(27(39-5)13-26(24)31)23-7-6-17(3)8-20(23)14-38-15-40-28(18(38)4)19-9-21(29(32,33)34)11-22(10-19)30(35,36)37/h6-13,16,18,28H,14-15H2,1-5H3/t18-,28-/m0/s1. The molecule has 1 aliphatic heterocycles. The number of benzene rings is 3. The van der Waals surface area contributed by atoms with E-state index in [0.717, 1.165) is 28.8 Å². The minimum atomic E-state index is -4.95. The monoisotopic (exact) mass is 569 g/mol. The van der Waals surface area contributed by atoms with Crippen LogP contribution in [0, 0.1) is 12.7 Å². The van der Waals surface area contributed by atoms with Crippen LogP contribution < -0.4 is 4.74 Å². The average Bonchev–Trinajstić information content (AvgIpc) is 3.22. The van der Waals surface area contributed by atoms with Crippen molar-refractivity contribution < 1.29 is 40.2 Å². The Balaban J connectivity index is 1.70. The van der Waals surface area contributed by atoms with Gasteiger partial charge in [-0.2, -0.15) is 26.3 Å². The van der Waals surface area contributed by atoms with Gasteiger partial charge in [0.05, 0.1) is 24.3 Å². The topological polar surface area (TPSA) is 21.7 Å². The van der Waals surface area contributed by atoms with Gasteiger partial charge in [0.2, 0.25) is 0 Å². The molecule has 1 fully saturated rings. The Hall–Kier alpha value is -3.11. The maximum absolute atomic E-state index is 14.7. The van der Waals surface area contributed by atoms with E-state index in [1.807, 2.05) is 43.9 Å². The lowest BCUT2D eigenvalue weighted by molar-refractivity contribution is -0.143. The van der Waals surface area contributed by atoms with Crippen LogP contribution in [-0.4, -0.2) is 24.8 Å². The highest BCUT2D eigenvalue weighted by atomic mass is 19.4. The summed E-state index contributed by atoms with van der Waals surface area (Å²) in [6.07, 6.45) is -10.9. The number of aryl methyl sites for hydroxylation is 1. The maximum atomic E-state index is 14.7. The highest BCUT2D eigenvalue weighted by Gasteiger charge is 2.40. The van der Waals surface area contributed by atoms with Gasteiger partial charge < -0.3 is 9.47 Å².